The first-order chi connectivity index (χ1) is 21.1. The van der Waals surface area contributed by atoms with Gasteiger partial charge in [-0.25, -0.2) is 0 Å². The fourth-order valence-corrected chi connectivity index (χ4v) is 10.0. The molecule has 8 heteroatoms. The lowest BCUT2D eigenvalue weighted by Gasteiger charge is -2.42. The van der Waals surface area contributed by atoms with Crippen molar-refractivity contribution < 1.29 is 38.0 Å². The Labute approximate surface area is 262 Å². The summed E-state index contributed by atoms with van der Waals surface area (Å²) in [5, 5.41) is 0. The SMILES string of the molecule is CC1CC2OC2CC1CC(CCCC(=O)OC1CC2OC2CC1C)(CC1CC2OC2CC1C)C(=O)OC1CC2OC2CC1C. The van der Waals surface area contributed by atoms with Crippen LogP contribution in [0, 0.1) is 40.9 Å². The van der Waals surface area contributed by atoms with Crippen LogP contribution in [0.5, 0.6) is 0 Å². The standard InChI is InChI=1S/C36H54O8/c1-18-8-26-30(39-26)12-22(18)16-36(17-23-13-31-27(40-31)9-19(23)2,35(38)44-25-15-33-29(42-33)11-21(25)4)7-5-6-34(37)43-24-14-32-28(41-32)10-20(24)3/h18-33H,5-17H2,1-4H3. The van der Waals surface area contributed by atoms with Gasteiger partial charge in [-0.3, -0.25) is 9.59 Å². The number of esters is 2. The molecule has 0 bridgehead atoms. The van der Waals surface area contributed by atoms with E-state index in [0.29, 0.717) is 91.4 Å². The van der Waals surface area contributed by atoms with E-state index >= 15 is 0 Å². The predicted molar refractivity (Wildman–Crippen MR) is 160 cm³/mol. The Balaban J connectivity index is 1.01. The van der Waals surface area contributed by atoms with Crippen LogP contribution in [0.25, 0.3) is 0 Å². The molecule has 0 spiro atoms. The summed E-state index contributed by atoms with van der Waals surface area (Å²) in [6.45, 7) is 9.05. The summed E-state index contributed by atoms with van der Waals surface area (Å²) in [5.41, 5.74) is -0.629. The van der Waals surface area contributed by atoms with Crippen molar-refractivity contribution in [3.8, 4) is 0 Å². The van der Waals surface area contributed by atoms with Gasteiger partial charge in [0.05, 0.1) is 54.2 Å². The van der Waals surface area contributed by atoms with Gasteiger partial charge in [-0.05, 0) is 99.7 Å². The van der Waals surface area contributed by atoms with E-state index in [0.717, 1.165) is 64.2 Å². The number of hydrogen-bond acceptors (Lipinski definition) is 8. The molecule has 8 aliphatic rings. The summed E-state index contributed by atoms with van der Waals surface area (Å²) in [7, 11) is 0. The maximum atomic E-state index is 14.8. The van der Waals surface area contributed by atoms with Gasteiger partial charge in [0.25, 0.3) is 0 Å². The zero-order valence-electron chi connectivity index (χ0n) is 27.2. The molecule has 0 radical (unpaired) electrons. The highest BCUT2D eigenvalue weighted by Gasteiger charge is 2.55. The second-order valence-corrected chi connectivity index (χ2v) is 16.7. The Bertz CT molecular complexity index is 1080. The minimum atomic E-state index is -0.629. The van der Waals surface area contributed by atoms with Crippen molar-refractivity contribution in [3.63, 3.8) is 0 Å². The summed E-state index contributed by atoms with van der Waals surface area (Å²) in [4.78, 5) is 28.0. The molecule has 4 heterocycles. The van der Waals surface area contributed by atoms with Gasteiger partial charge >= 0.3 is 11.9 Å². The first-order valence-electron chi connectivity index (χ1n) is 18.2. The summed E-state index contributed by atoms with van der Waals surface area (Å²) in [6, 6.07) is 0. The number of ether oxygens (including phenoxy) is 6. The summed E-state index contributed by atoms with van der Waals surface area (Å²) in [6.07, 6.45) is 13.6. The van der Waals surface area contributed by atoms with Crippen molar-refractivity contribution in [1.82, 2.24) is 0 Å². The number of hydrogen-bond donors (Lipinski definition) is 0. The smallest absolute Gasteiger partial charge is 0.312 e. The van der Waals surface area contributed by atoms with Gasteiger partial charge in [-0.2, -0.15) is 0 Å². The lowest BCUT2D eigenvalue weighted by atomic mass is 9.62. The van der Waals surface area contributed by atoms with Gasteiger partial charge in [-0.1, -0.05) is 27.7 Å². The maximum absolute atomic E-state index is 14.8. The number of carbonyl (C=O) groups is 2. The lowest BCUT2D eigenvalue weighted by Crippen LogP contribution is -2.44. The molecule has 8 rings (SSSR count). The molecule has 16 unspecified atom stereocenters. The van der Waals surface area contributed by atoms with Crippen LogP contribution < -0.4 is 0 Å². The van der Waals surface area contributed by atoms with Crippen molar-refractivity contribution in [2.24, 2.45) is 40.9 Å². The van der Waals surface area contributed by atoms with Crippen molar-refractivity contribution in [2.45, 2.75) is 172 Å². The van der Waals surface area contributed by atoms with Crippen molar-refractivity contribution >= 4 is 11.9 Å². The quantitative estimate of drug-likeness (QED) is 0.214. The molecule has 0 aromatic heterocycles. The van der Waals surface area contributed by atoms with Crippen LogP contribution in [-0.2, 0) is 38.0 Å². The highest BCUT2D eigenvalue weighted by molar-refractivity contribution is 5.77. The van der Waals surface area contributed by atoms with Gasteiger partial charge in [0, 0.05) is 19.3 Å². The summed E-state index contributed by atoms with van der Waals surface area (Å²) >= 11 is 0. The van der Waals surface area contributed by atoms with Gasteiger partial charge in [0.15, 0.2) is 0 Å². The van der Waals surface area contributed by atoms with E-state index in [1.807, 2.05) is 0 Å². The Morgan fingerprint density at radius 1 is 0.568 bits per heavy atom. The maximum Gasteiger partial charge on any atom is 0.312 e. The first-order valence-corrected chi connectivity index (χ1v) is 18.2. The number of epoxide rings is 4. The van der Waals surface area contributed by atoms with Gasteiger partial charge in [-0.15, -0.1) is 0 Å². The van der Waals surface area contributed by atoms with Crippen LogP contribution in [0.15, 0.2) is 0 Å². The molecule has 246 valence electrons. The van der Waals surface area contributed by atoms with E-state index in [-0.39, 0.29) is 36.4 Å². The van der Waals surface area contributed by atoms with Crippen LogP contribution in [0.2, 0.25) is 0 Å². The molecule has 0 N–H and O–H groups in total. The van der Waals surface area contributed by atoms with Crippen LogP contribution in [0.3, 0.4) is 0 Å². The van der Waals surface area contributed by atoms with Crippen LogP contribution in [0.4, 0.5) is 0 Å². The molecule has 16 atom stereocenters. The zero-order valence-corrected chi connectivity index (χ0v) is 27.2. The van der Waals surface area contributed by atoms with E-state index in [2.05, 4.69) is 27.7 Å². The second-order valence-electron chi connectivity index (χ2n) is 16.7. The van der Waals surface area contributed by atoms with Crippen molar-refractivity contribution in [1.29, 1.82) is 0 Å². The Morgan fingerprint density at radius 2 is 0.977 bits per heavy atom. The van der Waals surface area contributed by atoms with E-state index in [1.54, 1.807) is 0 Å². The third kappa shape index (κ3) is 6.23. The van der Waals surface area contributed by atoms with Gasteiger partial charge in [0.2, 0.25) is 0 Å². The average Bonchev–Trinajstić information content (AvgIpc) is 3.77. The van der Waals surface area contributed by atoms with Crippen molar-refractivity contribution in [2.75, 3.05) is 0 Å². The zero-order chi connectivity index (χ0) is 30.3. The third-order valence-corrected chi connectivity index (χ3v) is 13.4. The fraction of sp³-hybridized carbons (Fsp3) is 0.944. The van der Waals surface area contributed by atoms with Gasteiger partial charge in [0.1, 0.15) is 12.2 Å². The molecule has 0 aromatic carbocycles. The highest BCUT2D eigenvalue weighted by atomic mass is 16.6. The fourth-order valence-electron chi connectivity index (χ4n) is 10.0. The molecule has 8 nitrogen and oxygen atoms in total. The van der Waals surface area contributed by atoms with Crippen LogP contribution >= 0.6 is 0 Å². The minimum Gasteiger partial charge on any atom is -0.462 e. The third-order valence-electron chi connectivity index (χ3n) is 13.4. The Hall–Kier alpha value is -1.22. The number of fused-ring (bicyclic) bond motifs is 4. The topological polar surface area (TPSA) is 103 Å². The van der Waals surface area contributed by atoms with E-state index < -0.39 is 5.41 Å². The molecule has 4 aliphatic heterocycles. The monoisotopic (exact) mass is 614 g/mol. The molecule has 4 saturated heterocycles. The Kier molecular flexibility index (Phi) is 7.87. The molecular weight excluding hydrogens is 560 g/mol. The molecule has 4 saturated carbocycles. The summed E-state index contributed by atoms with van der Waals surface area (Å²) < 4.78 is 36.1. The molecular formula is C36H54O8. The number of rotatable bonds is 11. The summed E-state index contributed by atoms with van der Waals surface area (Å²) in [5.74, 6) is 2.29. The van der Waals surface area contributed by atoms with E-state index in [9.17, 15) is 9.59 Å². The molecule has 8 fully saturated rings. The first kappa shape index (κ1) is 30.1. The largest absolute Gasteiger partial charge is 0.462 e. The normalized spacial score (nSPS) is 50.9. The van der Waals surface area contributed by atoms with E-state index in [1.165, 1.54) is 0 Å². The van der Waals surface area contributed by atoms with Crippen molar-refractivity contribution in [3.05, 3.63) is 0 Å². The molecule has 0 amide bonds. The van der Waals surface area contributed by atoms with Crippen LogP contribution in [-0.4, -0.2) is 73.0 Å². The molecule has 44 heavy (non-hydrogen) atoms. The Morgan fingerprint density at radius 3 is 1.48 bits per heavy atom. The molecule has 4 aliphatic carbocycles. The van der Waals surface area contributed by atoms with Gasteiger partial charge < -0.3 is 28.4 Å². The minimum absolute atomic E-state index is 0.0308. The second kappa shape index (κ2) is 11.5. The van der Waals surface area contributed by atoms with Crippen LogP contribution in [0.1, 0.15) is 111 Å². The average molecular weight is 615 g/mol. The lowest BCUT2D eigenvalue weighted by molar-refractivity contribution is -0.170. The predicted octanol–water partition coefficient (Wildman–Crippen LogP) is 5.77. The molecule has 0 aromatic rings. The van der Waals surface area contributed by atoms with E-state index in [4.69, 9.17) is 28.4 Å². The number of carbonyl (C=O) groups excluding carboxylic acids is 2. The highest BCUT2D eigenvalue weighted by Crippen LogP contribution is 2.54.